The Morgan fingerprint density at radius 1 is 1.38 bits per heavy atom. The highest BCUT2D eigenvalue weighted by Gasteiger charge is 2.31. The van der Waals surface area contributed by atoms with Gasteiger partial charge in [0.2, 0.25) is 5.91 Å². The molecule has 0 N–H and O–H groups in total. The van der Waals surface area contributed by atoms with Crippen molar-refractivity contribution in [3.63, 3.8) is 0 Å². The SMILES string of the molecule is C/C=C1\C(=O)N(Cc2ccccc2)C[C@H]1C. The fraction of sp³-hybridized carbons (Fsp3) is 0.357. The summed E-state index contributed by atoms with van der Waals surface area (Å²) in [5.74, 6) is 0.556. The molecule has 1 aliphatic rings. The number of likely N-dealkylation sites (tertiary alicyclic amines) is 1. The van der Waals surface area contributed by atoms with Crippen LogP contribution in [0.25, 0.3) is 0 Å². The third-order valence-electron chi connectivity index (χ3n) is 3.09. The zero-order valence-electron chi connectivity index (χ0n) is 9.81. The van der Waals surface area contributed by atoms with E-state index in [-0.39, 0.29) is 5.91 Å². The van der Waals surface area contributed by atoms with Crippen LogP contribution in [0.5, 0.6) is 0 Å². The molecular weight excluding hydrogens is 198 g/mol. The van der Waals surface area contributed by atoms with E-state index in [1.54, 1.807) is 0 Å². The van der Waals surface area contributed by atoms with E-state index in [1.807, 2.05) is 36.1 Å². The molecule has 1 aromatic carbocycles. The maximum Gasteiger partial charge on any atom is 0.250 e. The van der Waals surface area contributed by atoms with E-state index < -0.39 is 0 Å². The van der Waals surface area contributed by atoms with Gasteiger partial charge in [0, 0.05) is 24.6 Å². The summed E-state index contributed by atoms with van der Waals surface area (Å²) < 4.78 is 0. The van der Waals surface area contributed by atoms with E-state index in [4.69, 9.17) is 0 Å². The number of hydrogen-bond acceptors (Lipinski definition) is 1. The second kappa shape index (κ2) is 4.52. The number of carbonyl (C=O) groups excluding carboxylic acids is 1. The summed E-state index contributed by atoms with van der Waals surface area (Å²) in [6.07, 6.45) is 1.94. The summed E-state index contributed by atoms with van der Waals surface area (Å²) in [5.41, 5.74) is 2.15. The molecular formula is C14H17NO. The molecule has 1 fully saturated rings. The van der Waals surface area contributed by atoms with E-state index in [9.17, 15) is 4.79 Å². The van der Waals surface area contributed by atoms with Gasteiger partial charge in [-0.1, -0.05) is 43.3 Å². The minimum Gasteiger partial charge on any atom is -0.334 e. The molecule has 0 saturated carbocycles. The maximum absolute atomic E-state index is 12.0. The molecule has 2 nitrogen and oxygen atoms in total. The third-order valence-corrected chi connectivity index (χ3v) is 3.09. The molecule has 16 heavy (non-hydrogen) atoms. The van der Waals surface area contributed by atoms with E-state index in [1.165, 1.54) is 5.56 Å². The number of rotatable bonds is 2. The lowest BCUT2D eigenvalue weighted by Gasteiger charge is -2.15. The van der Waals surface area contributed by atoms with Crippen molar-refractivity contribution >= 4 is 5.91 Å². The van der Waals surface area contributed by atoms with Gasteiger partial charge in [0.25, 0.3) is 0 Å². The first-order chi connectivity index (χ1) is 7.72. The van der Waals surface area contributed by atoms with Crippen LogP contribution in [-0.4, -0.2) is 17.4 Å². The van der Waals surface area contributed by atoms with Crippen LogP contribution in [-0.2, 0) is 11.3 Å². The minimum atomic E-state index is 0.193. The average molecular weight is 215 g/mol. The number of benzene rings is 1. The van der Waals surface area contributed by atoms with Gasteiger partial charge in [-0.15, -0.1) is 0 Å². The molecule has 1 heterocycles. The van der Waals surface area contributed by atoms with Gasteiger partial charge in [-0.05, 0) is 12.5 Å². The van der Waals surface area contributed by atoms with Gasteiger partial charge in [0.1, 0.15) is 0 Å². The second-order valence-corrected chi connectivity index (χ2v) is 4.32. The molecule has 84 valence electrons. The van der Waals surface area contributed by atoms with Crippen molar-refractivity contribution in [1.82, 2.24) is 4.90 Å². The molecule has 1 aromatic rings. The predicted octanol–water partition coefficient (Wildman–Crippen LogP) is 2.61. The first-order valence-electron chi connectivity index (χ1n) is 5.71. The smallest absolute Gasteiger partial charge is 0.250 e. The molecule has 2 heteroatoms. The summed E-state index contributed by atoms with van der Waals surface area (Å²) in [6.45, 7) is 5.61. The van der Waals surface area contributed by atoms with Gasteiger partial charge in [-0.3, -0.25) is 4.79 Å². The van der Waals surface area contributed by atoms with Crippen LogP contribution >= 0.6 is 0 Å². The van der Waals surface area contributed by atoms with E-state index in [2.05, 4.69) is 19.1 Å². The van der Waals surface area contributed by atoms with Crippen molar-refractivity contribution in [1.29, 1.82) is 0 Å². The van der Waals surface area contributed by atoms with Crippen molar-refractivity contribution < 1.29 is 4.79 Å². The van der Waals surface area contributed by atoms with Crippen LogP contribution in [0.2, 0.25) is 0 Å². The third kappa shape index (κ3) is 2.01. The Morgan fingerprint density at radius 2 is 2.06 bits per heavy atom. The van der Waals surface area contributed by atoms with Crippen LogP contribution in [0.15, 0.2) is 42.0 Å². The van der Waals surface area contributed by atoms with Crippen LogP contribution in [0.3, 0.4) is 0 Å². The molecule has 1 atom stereocenters. The molecule has 2 rings (SSSR count). The number of allylic oxidation sites excluding steroid dienone is 1. The van der Waals surface area contributed by atoms with Gasteiger partial charge in [0.15, 0.2) is 0 Å². The molecule has 0 unspecified atom stereocenters. The fourth-order valence-corrected chi connectivity index (χ4v) is 2.25. The summed E-state index contributed by atoms with van der Waals surface area (Å²) in [6, 6.07) is 10.1. The highest BCUT2D eigenvalue weighted by atomic mass is 16.2. The van der Waals surface area contributed by atoms with Crippen molar-refractivity contribution in [2.24, 2.45) is 5.92 Å². The van der Waals surface area contributed by atoms with Crippen LogP contribution in [0.1, 0.15) is 19.4 Å². The molecule has 1 aliphatic heterocycles. The van der Waals surface area contributed by atoms with Crippen LogP contribution in [0.4, 0.5) is 0 Å². The Morgan fingerprint density at radius 3 is 2.62 bits per heavy atom. The summed E-state index contributed by atoms with van der Waals surface area (Å²) >= 11 is 0. The molecule has 1 amide bonds. The monoisotopic (exact) mass is 215 g/mol. The summed E-state index contributed by atoms with van der Waals surface area (Å²) in [4.78, 5) is 13.9. The first-order valence-corrected chi connectivity index (χ1v) is 5.71. The number of carbonyl (C=O) groups is 1. The lowest BCUT2D eigenvalue weighted by Crippen LogP contribution is -2.24. The molecule has 0 spiro atoms. The average Bonchev–Trinajstić information content (AvgIpc) is 2.55. The topological polar surface area (TPSA) is 20.3 Å². The first kappa shape index (κ1) is 10.9. The fourth-order valence-electron chi connectivity index (χ4n) is 2.25. The molecule has 1 saturated heterocycles. The quantitative estimate of drug-likeness (QED) is 0.694. The highest BCUT2D eigenvalue weighted by molar-refractivity contribution is 5.96. The van der Waals surface area contributed by atoms with Gasteiger partial charge in [-0.25, -0.2) is 0 Å². The maximum atomic E-state index is 12.0. The van der Waals surface area contributed by atoms with Crippen molar-refractivity contribution in [3.8, 4) is 0 Å². The molecule has 0 aromatic heterocycles. The highest BCUT2D eigenvalue weighted by Crippen LogP contribution is 2.24. The standard InChI is InChI=1S/C14H17NO/c1-3-13-11(2)9-15(14(13)16)10-12-7-5-4-6-8-12/h3-8,11H,9-10H2,1-2H3/b13-3-/t11-/m1/s1. The zero-order chi connectivity index (χ0) is 11.5. The van der Waals surface area contributed by atoms with Gasteiger partial charge >= 0.3 is 0 Å². The Kier molecular flexibility index (Phi) is 3.09. The van der Waals surface area contributed by atoms with Crippen molar-refractivity contribution in [2.45, 2.75) is 20.4 Å². The minimum absolute atomic E-state index is 0.193. The van der Waals surface area contributed by atoms with Crippen molar-refractivity contribution in [2.75, 3.05) is 6.54 Å². The normalized spacial score (nSPS) is 23.1. The predicted molar refractivity (Wildman–Crippen MR) is 64.8 cm³/mol. The zero-order valence-corrected chi connectivity index (χ0v) is 9.81. The summed E-state index contributed by atoms with van der Waals surface area (Å²) in [5, 5.41) is 0. The lowest BCUT2D eigenvalue weighted by atomic mass is 10.1. The van der Waals surface area contributed by atoms with E-state index in [0.29, 0.717) is 5.92 Å². The van der Waals surface area contributed by atoms with E-state index >= 15 is 0 Å². The number of amides is 1. The Hall–Kier alpha value is -1.57. The second-order valence-electron chi connectivity index (χ2n) is 4.32. The summed E-state index contributed by atoms with van der Waals surface area (Å²) in [7, 11) is 0. The van der Waals surface area contributed by atoms with Gasteiger partial charge in [0.05, 0.1) is 0 Å². The van der Waals surface area contributed by atoms with Crippen LogP contribution in [0, 0.1) is 5.92 Å². The van der Waals surface area contributed by atoms with Gasteiger partial charge in [-0.2, -0.15) is 0 Å². The van der Waals surface area contributed by atoms with Crippen LogP contribution < -0.4 is 0 Å². The largest absolute Gasteiger partial charge is 0.334 e. The Labute approximate surface area is 96.6 Å². The Bertz CT molecular complexity index is 408. The molecule has 0 radical (unpaired) electrons. The number of nitrogens with zero attached hydrogens (tertiary/aromatic N) is 1. The van der Waals surface area contributed by atoms with Gasteiger partial charge < -0.3 is 4.90 Å². The van der Waals surface area contributed by atoms with Crippen molar-refractivity contribution in [3.05, 3.63) is 47.5 Å². The van der Waals surface area contributed by atoms with E-state index in [0.717, 1.165) is 18.7 Å². The molecule has 0 aliphatic carbocycles. The lowest BCUT2D eigenvalue weighted by molar-refractivity contribution is -0.125. The molecule has 0 bridgehead atoms. The Balaban J connectivity index is 2.11. The number of hydrogen-bond donors (Lipinski definition) is 0.